The van der Waals surface area contributed by atoms with E-state index in [0.29, 0.717) is 36.6 Å². The number of rotatable bonds is 21. The molecule has 58 heavy (non-hydrogen) atoms. The number of ether oxygens (including phenoxy) is 4. The highest BCUT2D eigenvalue weighted by Gasteiger charge is 2.27. The third-order valence-corrected chi connectivity index (χ3v) is 9.97. The van der Waals surface area contributed by atoms with Crippen molar-refractivity contribution in [2.24, 2.45) is 0 Å². The molecule has 0 N–H and O–H groups in total. The molecule has 4 aromatic carbocycles. The maximum atomic E-state index is 6.33. The minimum atomic E-state index is 0.397. The number of anilines is 4. The Morgan fingerprint density at radius 1 is 0.431 bits per heavy atom. The first-order valence-corrected chi connectivity index (χ1v) is 19.9. The summed E-state index contributed by atoms with van der Waals surface area (Å²) in [6, 6.07) is 31.5. The van der Waals surface area contributed by atoms with Crippen molar-refractivity contribution in [3.05, 3.63) is 122 Å². The molecule has 2 heterocycles. The molecule has 0 amide bonds. The van der Waals surface area contributed by atoms with Crippen LogP contribution in [0.4, 0.5) is 23.3 Å². The van der Waals surface area contributed by atoms with Crippen molar-refractivity contribution in [2.75, 3.05) is 76.7 Å². The molecule has 0 saturated heterocycles. The van der Waals surface area contributed by atoms with Crippen LogP contribution in [0.3, 0.4) is 0 Å². The second-order valence-corrected chi connectivity index (χ2v) is 13.4. The summed E-state index contributed by atoms with van der Waals surface area (Å²) in [6.07, 6.45) is 7.28. The minimum Gasteiger partial charge on any atom is -0.497 e. The van der Waals surface area contributed by atoms with Crippen molar-refractivity contribution in [1.29, 1.82) is 0 Å². The third kappa shape index (κ3) is 10.6. The zero-order valence-corrected chi connectivity index (χ0v) is 34.4. The molecule has 0 saturated carbocycles. The molecule has 0 spiro atoms. The average Bonchev–Trinajstić information content (AvgIpc) is 3.29. The summed E-state index contributed by atoms with van der Waals surface area (Å²) < 4.78 is 23.4. The second kappa shape index (κ2) is 20.8. The van der Waals surface area contributed by atoms with Gasteiger partial charge < -0.3 is 28.7 Å². The zero-order valence-electron chi connectivity index (χ0n) is 34.4. The van der Waals surface area contributed by atoms with E-state index in [-0.39, 0.29) is 0 Å². The van der Waals surface area contributed by atoms with Gasteiger partial charge in [-0.15, -0.1) is 0 Å². The Hall–Kier alpha value is -6.24. The van der Waals surface area contributed by atoms with Gasteiger partial charge >= 0.3 is 0 Å². The summed E-state index contributed by atoms with van der Waals surface area (Å²) in [6.45, 7) is 15.2. The number of likely N-dealkylation sites (N-methyl/N-ethyl adjacent to an activating group) is 2. The number of benzene rings is 4. The predicted molar refractivity (Wildman–Crippen MR) is 232 cm³/mol. The summed E-state index contributed by atoms with van der Waals surface area (Å²) in [5.74, 6) is 3.78. The van der Waals surface area contributed by atoms with Gasteiger partial charge in [-0.05, 0) is 85.8 Å². The molecule has 2 aromatic heterocycles. The lowest BCUT2D eigenvalue weighted by molar-refractivity contribution is 0.223. The van der Waals surface area contributed by atoms with E-state index in [9.17, 15) is 0 Å². The number of methoxy groups -OCH3 is 2. The smallest absolute Gasteiger partial charge is 0.249 e. The van der Waals surface area contributed by atoms with Crippen LogP contribution < -0.4 is 29.0 Å². The topological polar surface area (TPSA) is 101 Å². The van der Waals surface area contributed by atoms with Crippen molar-refractivity contribution in [3.63, 3.8) is 0 Å². The maximum Gasteiger partial charge on any atom is 0.249 e. The first-order chi connectivity index (χ1) is 28.5. The van der Waals surface area contributed by atoms with Crippen molar-refractivity contribution in [3.8, 4) is 45.3 Å². The highest BCUT2D eigenvalue weighted by molar-refractivity contribution is 5.74. The molecule has 0 aliphatic heterocycles. The molecular formula is C46H54N8O4. The monoisotopic (exact) mass is 782 g/mol. The van der Waals surface area contributed by atoms with E-state index >= 15 is 0 Å². The van der Waals surface area contributed by atoms with Crippen LogP contribution in [0.2, 0.25) is 0 Å². The van der Waals surface area contributed by atoms with E-state index < -0.39 is 0 Å². The predicted octanol–water partition coefficient (Wildman–Crippen LogP) is 8.95. The average molecular weight is 783 g/mol. The van der Waals surface area contributed by atoms with Gasteiger partial charge in [0.2, 0.25) is 11.9 Å². The maximum absolute atomic E-state index is 6.33. The lowest BCUT2D eigenvalue weighted by Crippen LogP contribution is -2.38. The summed E-state index contributed by atoms with van der Waals surface area (Å²) in [4.78, 5) is 24.5. The molecule has 0 aliphatic rings. The quantitative estimate of drug-likeness (QED) is 0.0652. The zero-order chi connectivity index (χ0) is 40.7. The molecule has 0 fully saturated rings. The fourth-order valence-corrected chi connectivity index (χ4v) is 6.44. The molecule has 0 radical (unpaired) electrons. The van der Waals surface area contributed by atoms with Crippen LogP contribution in [0.15, 0.2) is 122 Å². The van der Waals surface area contributed by atoms with Crippen LogP contribution in [-0.2, 0) is 0 Å². The third-order valence-electron chi connectivity index (χ3n) is 9.97. The number of aromatic nitrogens is 4. The van der Waals surface area contributed by atoms with Crippen LogP contribution in [0, 0.1) is 0 Å². The molecule has 0 aliphatic carbocycles. The Morgan fingerprint density at radius 3 is 1.12 bits per heavy atom. The highest BCUT2D eigenvalue weighted by atomic mass is 16.5. The Morgan fingerprint density at radius 2 is 0.793 bits per heavy atom. The summed E-state index contributed by atoms with van der Waals surface area (Å²) >= 11 is 0. The number of hydrazine groups is 1. The van der Waals surface area contributed by atoms with Crippen molar-refractivity contribution >= 4 is 23.3 Å². The van der Waals surface area contributed by atoms with Crippen LogP contribution in [-0.4, -0.2) is 96.4 Å². The van der Waals surface area contributed by atoms with E-state index in [1.54, 1.807) is 14.2 Å². The van der Waals surface area contributed by atoms with E-state index in [0.717, 1.165) is 84.4 Å². The number of hydrogen-bond donors (Lipinski definition) is 0. The van der Waals surface area contributed by atoms with Gasteiger partial charge in [0.25, 0.3) is 0 Å². The molecule has 0 atom stereocenters. The first kappa shape index (κ1) is 41.4. The highest BCUT2D eigenvalue weighted by Crippen LogP contribution is 2.37. The lowest BCUT2D eigenvalue weighted by atomic mass is 10.1. The molecule has 6 aromatic rings. The molecule has 6 rings (SSSR count). The standard InChI is InChI=1S/C46H54N8O4/c1-7-51(8-2)25-27-57-43-15-11-13-39(29-43)53(45-47-31-37(32-48-45)35-17-21-41(55-5)22-18-35)54(40-14-12-16-44(30-40)58-28-26-52(9-3)10-4)46-49-33-38(34-50-46)36-19-23-42(56-6)24-20-36/h11-24,29-34H,7-10,25-28H2,1-6H3. The largest absolute Gasteiger partial charge is 0.497 e. The molecule has 0 bridgehead atoms. The van der Waals surface area contributed by atoms with Crippen molar-refractivity contribution in [1.82, 2.24) is 29.7 Å². The normalized spacial score (nSPS) is 11.1. The minimum absolute atomic E-state index is 0.397. The summed E-state index contributed by atoms with van der Waals surface area (Å²) in [5, 5.41) is 3.82. The van der Waals surface area contributed by atoms with Gasteiger partial charge in [0.05, 0.1) is 25.6 Å². The van der Waals surface area contributed by atoms with Gasteiger partial charge in [0.1, 0.15) is 36.2 Å². The summed E-state index contributed by atoms with van der Waals surface area (Å²) in [5.41, 5.74) is 5.13. The molecule has 0 unspecified atom stereocenters. The molecule has 302 valence electrons. The number of hydrogen-bond acceptors (Lipinski definition) is 12. The SMILES string of the molecule is CCN(CC)CCOc1cccc(N(c2ncc(-c3ccc(OC)cc3)cn2)N(c2cccc(OCCN(CC)CC)c2)c2ncc(-c3ccc(OC)cc3)cn2)c1. The van der Waals surface area contributed by atoms with Crippen LogP contribution in [0.5, 0.6) is 23.0 Å². The Kier molecular flexibility index (Phi) is 14.8. The van der Waals surface area contributed by atoms with Gasteiger partial charge in [0, 0.05) is 61.1 Å². The Balaban J connectivity index is 1.44. The van der Waals surface area contributed by atoms with E-state index in [1.807, 2.05) is 132 Å². The van der Waals surface area contributed by atoms with Crippen LogP contribution >= 0.6 is 0 Å². The van der Waals surface area contributed by atoms with E-state index in [4.69, 9.17) is 38.9 Å². The molecular weight excluding hydrogens is 729 g/mol. The fraction of sp³-hybridized carbons (Fsp3) is 0.304. The van der Waals surface area contributed by atoms with Gasteiger partial charge in [-0.3, -0.25) is 0 Å². The van der Waals surface area contributed by atoms with Gasteiger partial charge in [-0.1, -0.05) is 64.1 Å². The molecule has 12 nitrogen and oxygen atoms in total. The van der Waals surface area contributed by atoms with E-state index in [1.165, 1.54) is 0 Å². The second-order valence-electron chi connectivity index (χ2n) is 13.4. The van der Waals surface area contributed by atoms with Crippen LogP contribution in [0.1, 0.15) is 27.7 Å². The van der Waals surface area contributed by atoms with E-state index in [2.05, 4.69) is 37.5 Å². The summed E-state index contributed by atoms with van der Waals surface area (Å²) in [7, 11) is 3.31. The Bertz CT molecular complexity index is 1970. The van der Waals surface area contributed by atoms with Crippen molar-refractivity contribution in [2.45, 2.75) is 27.7 Å². The lowest BCUT2D eigenvalue weighted by Gasteiger charge is -2.35. The van der Waals surface area contributed by atoms with Crippen molar-refractivity contribution < 1.29 is 18.9 Å². The molecule has 12 heteroatoms. The number of nitrogens with zero attached hydrogens (tertiary/aromatic N) is 8. The Labute approximate surface area is 342 Å². The van der Waals surface area contributed by atoms with Gasteiger partial charge in [-0.2, -0.15) is 0 Å². The van der Waals surface area contributed by atoms with Crippen LogP contribution in [0.25, 0.3) is 22.3 Å². The fourth-order valence-electron chi connectivity index (χ4n) is 6.44. The van der Waals surface area contributed by atoms with Gasteiger partial charge in [-0.25, -0.2) is 30.0 Å². The van der Waals surface area contributed by atoms with Gasteiger partial charge in [0.15, 0.2) is 0 Å². The first-order valence-electron chi connectivity index (χ1n) is 19.9.